The predicted octanol–water partition coefficient (Wildman–Crippen LogP) is 4.93. The van der Waals surface area contributed by atoms with Gasteiger partial charge in [-0.1, -0.05) is 24.8 Å². The molecule has 1 unspecified atom stereocenters. The molecule has 3 rings (SSSR count). The van der Waals surface area contributed by atoms with Crippen LogP contribution in [0.5, 0.6) is 0 Å². The van der Waals surface area contributed by atoms with Gasteiger partial charge in [-0.15, -0.1) is 11.8 Å². The second-order valence-electron chi connectivity index (χ2n) is 6.35. The molecule has 0 aliphatic heterocycles. The van der Waals surface area contributed by atoms with E-state index in [1.165, 1.54) is 47.8 Å². The fourth-order valence-electron chi connectivity index (χ4n) is 2.49. The maximum Gasteiger partial charge on any atom is 0.270 e. The van der Waals surface area contributed by atoms with E-state index in [1.807, 2.05) is 6.92 Å². The monoisotopic (exact) mass is 489 g/mol. The minimum absolute atomic E-state index is 0.148. The van der Waals surface area contributed by atoms with Gasteiger partial charge >= 0.3 is 0 Å². The van der Waals surface area contributed by atoms with E-state index in [4.69, 9.17) is 0 Å². The van der Waals surface area contributed by atoms with Crippen LogP contribution < -0.4 is 10.6 Å². The number of thioether (sulfide) groups is 2. The van der Waals surface area contributed by atoms with Crippen molar-refractivity contribution in [3.8, 4) is 0 Å². The summed E-state index contributed by atoms with van der Waals surface area (Å²) in [6.45, 7) is 3.80. The summed E-state index contributed by atoms with van der Waals surface area (Å²) in [6.07, 6.45) is 0. The minimum Gasteiger partial charge on any atom is -0.322 e. The number of rotatable bonds is 9. The van der Waals surface area contributed by atoms with Gasteiger partial charge in [-0.2, -0.15) is 9.36 Å². The number of non-ortho nitro benzene ring substituents is 1. The second kappa shape index (κ2) is 11.1. The van der Waals surface area contributed by atoms with E-state index in [-0.39, 0.29) is 22.4 Å². The first kappa shape index (κ1) is 23.7. The first-order valence-corrected chi connectivity index (χ1v) is 12.1. The van der Waals surface area contributed by atoms with Gasteiger partial charge in [0.2, 0.25) is 16.2 Å². The van der Waals surface area contributed by atoms with Crippen LogP contribution in [0.4, 0.5) is 16.5 Å². The van der Waals surface area contributed by atoms with Crippen LogP contribution in [0.15, 0.2) is 58.6 Å². The molecule has 0 fully saturated rings. The maximum absolute atomic E-state index is 12.4. The van der Waals surface area contributed by atoms with Gasteiger partial charge < -0.3 is 5.32 Å². The van der Waals surface area contributed by atoms with Crippen molar-refractivity contribution in [3.63, 3.8) is 0 Å². The van der Waals surface area contributed by atoms with E-state index in [2.05, 4.69) is 20.0 Å². The van der Waals surface area contributed by atoms with Crippen LogP contribution in [0, 0.1) is 10.1 Å². The molecular formula is C20H19N5O4S3. The van der Waals surface area contributed by atoms with E-state index in [0.29, 0.717) is 16.0 Å². The van der Waals surface area contributed by atoms with Crippen LogP contribution >= 0.6 is 35.1 Å². The molecule has 2 N–H and O–H groups in total. The average molecular weight is 490 g/mol. The number of amides is 2. The molecule has 0 bridgehead atoms. The van der Waals surface area contributed by atoms with Gasteiger partial charge in [-0.25, -0.2) is 0 Å². The third-order valence-electron chi connectivity index (χ3n) is 4.02. The fourth-order valence-corrected chi connectivity index (χ4v) is 4.63. The Morgan fingerprint density at radius 3 is 2.62 bits per heavy atom. The zero-order valence-electron chi connectivity index (χ0n) is 17.1. The summed E-state index contributed by atoms with van der Waals surface area (Å²) < 4.78 is 4.18. The van der Waals surface area contributed by atoms with Crippen LogP contribution in [0.1, 0.15) is 24.2 Å². The summed E-state index contributed by atoms with van der Waals surface area (Å²) in [4.78, 5) is 40.2. The van der Waals surface area contributed by atoms with E-state index < -0.39 is 10.8 Å². The van der Waals surface area contributed by atoms with Crippen molar-refractivity contribution in [3.05, 3.63) is 64.2 Å². The molecule has 32 heavy (non-hydrogen) atoms. The van der Waals surface area contributed by atoms with Crippen molar-refractivity contribution in [2.75, 3.05) is 16.4 Å². The summed E-state index contributed by atoms with van der Waals surface area (Å²) >= 11 is 4.03. The summed E-state index contributed by atoms with van der Waals surface area (Å²) in [5.41, 5.74) is 0.587. The molecule has 9 nitrogen and oxygen atoms in total. The van der Waals surface area contributed by atoms with Gasteiger partial charge in [0.05, 0.1) is 10.2 Å². The highest BCUT2D eigenvalue weighted by atomic mass is 32.2. The summed E-state index contributed by atoms with van der Waals surface area (Å²) in [5, 5.41) is 17.1. The van der Waals surface area contributed by atoms with E-state index in [9.17, 15) is 19.7 Å². The number of carbonyl (C=O) groups excluding carboxylic acids is 2. The standard InChI is InChI=1S/C20H19N5O4S3/c1-3-30-20-23-19(32-24-20)22-17(26)12(2)31-16-9-7-14(8-10-16)21-18(27)13-5-4-6-15(11-13)25(28)29/h4-12H,3H2,1-2H3,(H,21,27)(H,22,23,24,26). The molecule has 0 radical (unpaired) electrons. The molecule has 0 aliphatic rings. The molecule has 1 heterocycles. The molecule has 12 heteroatoms. The molecule has 1 aromatic heterocycles. The number of hydrogen-bond acceptors (Lipinski definition) is 9. The zero-order chi connectivity index (χ0) is 23.1. The first-order valence-electron chi connectivity index (χ1n) is 9.45. The van der Waals surface area contributed by atoms with E-state index in [1.54, 1.807) is 31.2 Å². The molecule has 166 valence electrons. The molecule has 0 saturated carbocycles. The largest absolute Gasteiger partial charge is 0.322 e. The Bertz CT molecular complexity index is 1120. The lowest BCUT2D eigenvalue weighted by Gasteiger charge is -2.11. The SMILES string of the molecule is CCSc1nsc(NC(=O)C(C)Sc2ccc(NC(=O)c3cccc([N+](=O)[O-])c3)cc2)n1. The third kappa shape index (κ3) is 6.52. The average Bonchev–Trinajstić information content (AvgIpc) is 3.22. The Morgan fingerprint density at radius 1 is 1.19 bits per heavy atom. The number of nitro benzene ring substituents is 1. The van der Waals surface area contributed by atoms with Crippen LogP contribution in [-0.4, -0.2) is 37.1 Å². The molecule has 0 spiro atoms. The highest BCUT2D eigenvalue weighted by molar-refractivity contribution is 8.00. The maximum atomic E-state index is 12.4. The molecule has 2 aromatic carbocycles. The quantitative estimate of drug-likeness (QED) is 0.246. The molecule has 2 amide bonds. The summed E-state index contributed by atoms with van der Waals surface area (Å²) in [6, 6.07) is 12.5. The number of carbonyl (C=O) groups is 2. The smallest absolute Gasteiger partial charge is 0.270 e. The van der Waals surface area contributed by atoms with Crippen molar-refractivity contribution < 1.29 is 14.5 Å². The number of benzene rings is 2. The van der Waals surface area contributed by atoms with Gasteiger partial charge in [0.1, 0.15) is 0 Å². The highest BCUT2D eigenvalue weighted by Crippen LogP contribution is 2.27. The third-order valence-corrected chi connectivity index (χ3v) is 6.61. The Balaban J connectivity index is 1.55. The summed E-state index contributed by atoms with van der Waals surface area (Å²) in [7, 11) is 0. The Hall–Kier alpha value is -2.96. The van der Waals surface area contributed by atoms with Crippen molar-refractivity contribution in [2.24, 2.45) is 0 Å². The van der Waals surface area contributed by atoms with Crippen LogP contribution in [0.2, 0.25) is 0 Å². The van der Waals surface area contributed by atoms with Crippen molar-refractivity contribution >= 4 is 63.4 Å². The lowest BCUT2D eigenvalue weighted by molar-refractivity contribution is -0.384. The number of aromatic nitrogens is 2. The minimum atomic E-state index is -0.547. The molecule has 1 atom stereocenters. The van der Waals surface area contributed by atoms with Gasteiger partial charge in [0.25, 0.3) is 11.6 Å². The number of nitrogens with zero attached hydrogens (tertiary/aromatic N) is 3. The Morgan fingerprint density at radius 2 is 1.94 bits per heavy atom. The molecule has 0 saturated heterocycles. The van der Waals surface area contributed by atoms with Gasteiger partial charge in [0.15, 0.2) is 0 Å². The lowest BCUT2D eigenvalue weighted by atomic mass is 10.2. The fraction of sp³-hybridized carbons (Fsp3) is 0.200. The Labute approximate surface area is 196 Å². The Kier molecular flexibility index (Phi) is 8.20. The van der Waals surface area contributed by atoms with Crippen molar-refractivity contribution in [2.45, 2.75) is 29.1 Å². The van der Waals surface area contributed by atoms with Crippen molar-refractivity contribution in [1.82, 2.24) is 9.36 Å². The highest BCUT2D eigenvalue weighted by Gasteiger charge is 2.17. The van der Waals surface area contributed by atoms with E-state index in [0.717, 1.165) is 22.2 Å². The van der Waals surface area contributed by atoms with Crippen LogP contribution in [-0.2, 0) is 4.79 Å². The van der Waals surface area contributed by atoms with E-state index >= 15 is 0 Å². The molecular weight excluding hydrogens is 470 g/mol. The number of nitro groups is 1. The van der Waals surface area contributed by atoms with Crippen LogP contribution in [0.25, 0.3) is 0 Å². The predicted molar refractivity (Wildman–Crippen MR) is 128 cm³/mol. The number of hydrogen-bond donors (Lipinski definition) is 2. The number of nitrogens with one attached hydrogen (secondary N) is 2. The number of anilines is 2. The summed E-state index contributed by atoms with van der Waals surface area (Å²) in [5.74, 6) is 0.236. The molecule has 0 aliphatic carbocycles. The topological polar surface area (TPSA) is 127 Å². The van der Waals surface area contributed by atoms with Crippen LogP contribution in [0.3, 0.4) is 0 Å². The van der Waals surface area contributed by atoms with Crippen molar-refractivity contribution in [1.29, 1.82) is 0 Å². The normalized spacial score (nSPS) is 11.6. The first-order chi connectivity index (χ1) is 15.4. The van der Waals surface area contributed by atoms with Gasteiger partial charge in [0, 0.05) is 39.8 Å². The molecule has 3 aromatic rings. The second-order valence-corrected chi connectivity index (χ2v) is 9.75. The van der Waals surface area contributed by atoms with Gasteiger partial charge in [-0.3, -0.25) is 25.0 Å². The zero-order valence-corrected chi connectivity index (χ0v) is 19.6. The lowest BCUT2D eigenvalue weighted by Crippen LogP contribution is -2.22. The van der Waals surface area contributed by atoms with Gasteiger partial charge in [-0.05, 0) is 43.0 Å².